The summed E-state index contributed by atoms with van der Waals surface area (Å²) in [5.41, 5.74) is 0.923. The summed E-state index contributed by atoms with van der Waals surface area (Å²) < 4.78 is 12.7. The minimum absolute atomic E-state index is 0.100. The van der Waals surface area contributed by atoms with Crippen LogP contribution in [-0.2, 0) is 9.53 Å². The molecule has 23 heavy (non-hydrogen) atoms. The van der Waals surface area contributed by atoms with Gasteiger partial charge in [0.25, 0.3) is 0 Å². The van der Waals surface area contributed by atoms with Crippen molar-refractivity contribution in [2.45, 2.75) is 25.5 Å². The lowest BCUT2D eigenvalue weighted by Gasteiger charge is -2.25. The van der Waals surface area contributed by atoms with Crippen LogP contribution in [0.3, 0.4) is 0 Å². The molecule has 0 amide bonds. The van der Waals surface area contributed by atoms with Crippen molar-refractivity contribution in [3.05, 3.63) is 48.3 Å². The van der Waals surface area contributed by atoms with Gasteiger partial charge in [0.05, 0.1) is 19.6 Å². The summed E-state index contributed by atoms with van der Waals surface area (Å²) in [7, 11) is 1.63. The first-order valence-electron chi connectivity index (χ1n) is 7.47. The van der Waals surface area contributed by atoms with Crippen molar-refractivity contribution < 1.29 is 14.3 Å². The third-order valence-corrected chi connectivity index (χ3v) is 4.21. The standard InChI is InChI=1S/C17H22N2O3S/c1-13(19-11-4-10-18-19)17(22-16(20)9-12-23-3)14-5-7-15(21-2)8-6-14/h4-8,10-11,13,17H,9,12H2,1-3H3/t13-,17-/m1/s1. The van der Waals surface area contributed by atoms with Crippen LogP contribution in [0.5, 0.6) is 5.75 Å². The summed E-state index contributed by atoms with van der Waals surface area (Å²) in [6, 6.07) is 9.34. The molecule has 0 saturated heterocycles. The van der Waals surface area contributed by atoms with Crippen molar-refractivity contribution >= 4 is 17.7 Å². The molecule has 0 radical (unpaired) electrons. The van der Waals surface area contributed by atoms with Crippen LogP contribution in [0.25, 0.3) is 0 Å². The van der Waals surface area contributed by atoms with Crippen molar-refractivity contribution in [3.63, 3.8) is 0 Å². The molecule has 0 N–H and O–H groups in total. The number of benzene rings is 1. The highest BCUT2D eigenvalue weighted by Gasteiger charge is 2.25. The molecule has 1 aromatic heterocycles. The van der Waals surface area contributed by atoms with E-state index in [-0.39, 0.29) is 12.0 Å². The minimum Gasteiger partial charge on any atom is -0.497 e. The van der Waals surface area contributed by atoms with Crippen LogP contribution in [0.15, 0.2) is 42.7 Å². The highest BCUT2D eigenvalue weighted by atomic mass is 32.2. The normalized spacial score (nSPS) is 13.3. The molecule has 0 bridgehead atoms. The van der Waals surface area contributed by atoms with Crippen molar-refractivity contribution in [1.29, 1.82) is 0 Å². The minimum atomic E-state index is -0.393. The Kier molecular flexibility index (Phi) is 6.52. The number of methoxy groups -OCH3 is 1. The number of hydrogen-bond donors (Lipinski definition) is 0. The van der Waals surface area contributed by atoms with Crippen LogP contribution in [0.4, 0.5) is 0 Å². The zero-order chi connectivity index (χ0) is 16.7. The Morgan fingerprint density at radius 1 is 1.35 bits per heavy atom. The molecule has 0 unspecified atom stereocenters. The van der Waals surface area contributed by atoms with E-state index in [1.165, 1.54) is 0 Å². The average Bonchev–Trinajstić information content (AvgIpc) is 3.12. The van der Waals surface area contributed by atoms with Crippen LogP contribution < -0.4 is 4.74 Å². The van der Waals surface area contributed by atoms with Gasteiger partial charge in [-0.1, -0.05) is 12.1 Å². The summed E-state index contributed by atoms with van der Waals surface area (Å²) >= 11 is 1.63. The first-order chi connectivity index (χ1) is 11.2. The maximum absolute atomic E-state index is 12.1. The summed E-state index contributed by atoms with van der Waals surface area (Å²) in [6.45, 7) is 1.99. The van der Waals surface area contributed by atoms with E-state index in [1.807, 2.05) is 49.7 Å². The number of thioether (sulfide) groups is 1. The lowest BCUT2D eigenvalue weighted by molar-refractivity contribution is -0.151. The first kappa shape index (κ1) is 17.4. The largest absolute Gasteiger partial charge is 0.497 e. The fourth-order valence-electron chi connectivity index (χ4n) is 2.28. The van der Waals surface area contributed by atoms with Gasteiger partial charge >= 0.3 is 5.97 Å². The number of esters is 1. The second kappa shape index (κ2) is 8.62. The van der Waals surface area contributed by atoms with Crippen LogP contribution >= 0.6 is 11.8 Å². The summed E-state index contributed by atoms with van der Waals surface area (Å²) in [5.74, 6) is 1.33. The fourth-order valence-corrected chi connectivity index (χ4v) is 2.66. The molecule has 5 nitrogen and oxygen atoms in total. The molecule has 2 aromatic rings. The number of hydrogen-bond acceptors (Lipinski definition) is 5. The monoisotopic (exact) mass is 334 g/mol. The Hall–Kier alpha value is -1.95. The summed E-state index contributed by atoms with van der Waals surface area (Å²) in [4.78, 5) is 12.1. The number of carbonyl (C=O) groups is 1. The first-order valence-corrected chi connectivity index (χ1v) is 8.86. The summed E-state index contributed by atoms with van der Waals surface area (Å²) in [5, 5.41) is 4.26. The van der Waals surface area contributed by atoms with E-state index in [2.05, 4.69) is 5.10 Å². The van der Waals surface area contributed by atoms with Crippen LogP contribution in [0.1, 0.15) is 31.1 Å². The average molecular weight is 334 g/mol. The van der Waals surface area contributed by atoms with E-state index in [9.17, 15) is 4.79 Å². The van der Waals surface area contributed by atoms with Gasteiger partial charge in [-0.25, -0.2) is 0 Å². The SMILES string of the molecule is COc1ccc([C@H](OC(=O)CCSC)[C@@H](C)n2cccn2)cc1. The maximum Gasteiger partial charge on any atom is 0.307 e. The number of carbonyl (C=O) groups excluding carboxylic acids is 1. The third-order valence-electron chi connectivity index (χ3n) is 3.59. The number of ether oxygens (including phenoxy) is 2. The topological polar surface area (TPSA) is 53.4 Å². The van der Waals surface area contributed by atoms with Gasteiger partial charge in [-0.2, -0.15) is 16.9 Å². The molecular formula is C17H22N2O3S. The Bertz CT molecular complexity index is 599. The highest BCUT2D eigenvalue weighted by molar-refractivity contribution is 7.98. The molecule has 6 heteroatoms. The lowest BCUT2D eigenvalue weighted by atomic mass is 10.0. The van der Waals surface area contributed by atoms with Gasteiger partial charge in [-0.05, 0) is 36.9 Å². The fraction of sp³-hybridized carbons (Fsp3) is 0.412. The molecule has 2 rings (SSSR count). The molecule has 2 atom stereocenters. The van der Waals surface area contributed by atoms with Crippen molar-refractivity contribution in [1.82, 2.24) is 9.78 Å². The second-order valence-electron chi connectivity index (χ2n) is 5.15. The zero-order valence-corrected chi connectivity index (χ0v) is 14.5. The van der Waals surface area contributed by atoms with Crippen LogP contribution in [0.2, 0.25) is 0 Å². The van der Waals surface area contributed by atoms with Crippen molar-refractivity contribution in [2.24, 2.45) is 0 Å². The van der Waals surface area contributed by atoms with Crippen LogP contribution in [-0.4, -0.2) is 34.9 Å². The zero-order valence-electron chi connectivity index (χ0n) is 13.6. The molecule has 0 spiro atoms. The van der Waals surface area contributed by atoms with Crippen molar-refractivity contribution in [3.8, 4) is 5.75 Å². The van der Waals surface area contributed by atoms with E-state index < -0.39 is 6.10 Å². The van der Waals surface area contributed by atoms with Gasteiger partial charge < -0.3 is 9.47 Å². The van der Waals surface area contributed by atoms with Gasteiger partial charge in [0.2, 0.25) is 0 Å². The van der Waals surface area contributed by atoms with Crippen LogP contribution in [0, 0.1) is 0 Å². The predicted molar refractivity (Wildman–Crippen MR) is 91.8 cm³/mol. The predicted octanol–water partition coefficient (Wildman–Crippen LogP) is 3.49. The number of aromatic nitrogens is 2. The maximum atomic E-state index is 12.1. The molecule has 124 valence electrons. The molecule has 0 saturated carbocycles. The quantitative estimate of drug-likeness (QED) is 0.692. The number of nitrogens with zero attached hydrogens (tertiary/aromatic N) is 2. The van der Waals surface area contributed by atoms with Gasteiger partial charge in [-0.15, -0.1) is 0 Å². The van der Waals surface area contributed by atoms with Gasteiger partial charge in [0.1, 0.15) is 11.9 Å². The van der Waals surface area contributed by atoms with Crippen molar-refractivity contribution in [2.75, 3.05) is 19.1 Å². The van der Waals surface area contributed by atoms with Gasteiger partial charge in [0.15, 0.2) is 0 Å². The Morgan fingerprint density at radius 2 is 2.09 bits per heavy atom. The van der Waals surface area contributed by atoms with Gasteiger partial charge in [0, 0.05) is 18.1 Å². The Balaban J connectivity index is 2.20. The van der Waals surface area contributed by atoms with E-state index >= 15 is 0 Å². The van der Waals surface area contributed by atoms with E-state index in [0.717, 1.165) is 17.1 Å². The lowest BCUT2D eigenvalue weighted by Crippen LogP contribution is -2.21. The second-order valence-corrected chi connectivity index (χ2v) is 6.14. The molecule has 1 aromatic carbocycles. The molecule has 0 aliphatic carbocycles. The van der Waals surface area contributed by atoms with Gasteiger partial charge in [-0.3, -0.25) is 9.48 Å². The van der Waals surface area contributed by atoms with E-state index in [0.29, 0.717) is 6.42 Å². The molecular weight excluding hydrogens is 312 g/mol. The summed E-state index contributed by atoms with van der Waals surface area (Å²) in [6.07, 6.45) is 5.57. The molecule has 0 aliphatic rings. The van der Waals surface area contributed by atoms with E-state index in [4.69, 9.17) is 9.47 Å². The highest BCUT2D eigenvalue weighted by Crippen LogP contribution is 2.31. The molecule has 1 heterocycles. The molecule has 0 aliphatic heterocycles. The Morgan fingerprint density at radius 3 is 2.65 bits per heavy atom. The van der Waals surface area contributed by atoms with E-state index in [1.54, 1.807) is 29.8 Å². The third kappa shape index (κ3) is 4.76. The molecule has 0 fully saturated rings. The smallest absolute Gasteiger partial charge is 0.307 e. The number of rotatable bonds is 8. The Labute approximate surface area is 141 Å².